The third-order valence-electron chi connectivity index (χ3n) is 1.49. The Morgan fingerprint density at radius 2 is 1.92 bits per heavy atom. The molecule has 4 nitrogen and oxygen atoms in total. The molecule has 0 fully saturated rings. The zero-order valence-electron chi connectivity index (χ0n) is 6.43. The van der Waals surface area contributed by atoms with Gasteiger partial charge in [-0.2, -0.15) is 0 Å². The van der Waals surface area contributed by atoms with Gasteiger partial charge in [-0.25, -0.2) is 0 Å². The molecule has 5 heteroatoms. The van der Waals surface area contributed by atoms with Crippen molar-refractivity contribution < 1.29 is 17.0 Å². The van der Waals surface area contributed by atoms with Crippen molar-refractivity contribution in [1.82, 2.24) is 0 Å². The Bertz CT molecular complexity index is 341. The van der Waals surface area contributed by atoms with Crippen LogP contribution in [0.15, 0.2) is 18.2 Å². The van der Waals surface area contributed by atoms with Gasteiger partial charge in [0.1, 0.15) is 0 Å². The van der Waals surface area contributed by atoms with E-state index in [2.05, 4.69) is 0 Å². The van der Waals surface area contributed by atoms with E-state index >= 15 is 0 Å². The molecule has 0 amide bonds. The second kappa shape index (κ2) is 2.98. The van der Waals surface area contributed by atoms with Gasteiger partial charge in [-0.15, -0.1) is 0 Å². The van der Waals surface area contributed by atoms with Crippen LogP contribution in [0.1, 0.15) is 5.56 Å². The van der Waals surface area contributed by atoms with Crippen molar-refractivity contribution in [3.8, 4) is 5.75 Å². The first kappa shape index (κ1) is 9.39. The summed E-state index contributed by atoms with van der Waals surface area (Å²) in [4.78, 5) is 0. The van der Waals surface area contributed by atoms with Gasteiger partial charge in [-0.05, 0) is 0 Å². The summed E-state index contributed by atoms with van der Waals surface area (Å²) in [6.07, 6.45) is 0. The molecule has 0 atom stereocenters. The number of aromatic hydroxyl groups is 1. The second-order valence-electron chi connectivity index (χ2n) is 2.51. The van der Waals surface area contributed by atoms with Crippen molar-refractivity contribution >= 4 is 18.5 Å². The molecule has 3 N–H and O–H groups in total. The average molecular weight is 232 g/mol. The fourth-order valence-corrected chi connectivity index (χ4v) is 2.63. The number of phenols is 1. The molecule has 0 aliphatic heterocycles. The van der Waals surface area contributed by atoms with Crippen molar-refractivity contribution in [1.29, 1.82) is 0 Å². The van der Waals surface area contributed by atoms with Crippen LogP contribution < -0.4 is 4.35 Å². The summed E-state index contributed by atoms with van der Waals surface area (Å²) in [5, 5.41) is 8.96. The quantitative estimate of drug-likeness (QED) is 0.557. The molecule has 1 aromatic carbocycles. The molecule has 1 rings (SSSR count). The van der Waals surface area contributed by atoms with E-state index in [1.54, 1.807) is 6.92 Å². The molecule has 1 aromatic rings. The summed E-state index contributed by atoms with van der Waals surface area (Å²) in [6.45, 7) is 1.55. The topological polar surface area (TPSA) is 77.8 Å². The molecule has 0 bridgehead atoms. The molecule has 0 spiro atoms. The van der Waals surface area contributed by atoms with Gasteiger partial charge in [0.15, 0.2) is 0 Å². The van der Waals surface area contributed by atoms with Crippen LogP contribution in [-0.4, -0.2) is 27.5 Å². The van der Waals surface area contributed by atoms with Crippen LogP contribution >= 0.6 is 0 Å². The number of hydrogen-bond acceptors (Lipinski definition) is 2. The summed E-state index contributed by atoms with van der Waals surface area (Å²) in [5.41, 5.74) is 0.419. The van der Waals surface area contributed by atoms with E-state index in [0.29, 0.717) is 5.56 Å². The third kappa shape index (κ3) is 1.91. The van der Waals surface area contributed by atoms with Gasteiger partial charge in [0.2, 0.25) is 0 Å². The molecule has 0 saturated heterocycles. The molecule has 0 aliphatic carbocycles. The first-order valence-electron chi connectivity index (χ1n) is 3.27. The van der Waals surface area contributed by atoms with E-state index < -0.39 is 14.2 Å². The van der Waals surface area contributed by atoms with E-state index in [1.165, 1.54) is 18.2 Å². The van der Waals surface area contributed by atoms with E-state index in [-0.39, 0.29) is 10.1 Å². The maximum absolute atomic E-state index is 10.8. The van der Waals surface area contributed by atoms with Gasteiger partial charge in [0.05, 0.1) is 0 Å². The monoisotopic (exact) mass is 232 g/mol. The van der Waals surface area contributed by atoms with Crippen LogP contribution in [0.5, 0.6) is 5.75 Å². The normalized spacial score (nSPS) is 11.6. The fraction of sp³-hybridized carbons (Fsp3) is 0.143. The number of rotatable bonds is 1. The number of benzene rings is 1. The molecule has 0 heterocycles. The zero-order valence-corrected chi connectivity index (χ0v) is 8.31. The van der Waals surface area contributed by atoms with Crippen LogP contribution in [-0.2, 0) is 3.74 Å². The molecule has 12 heavy (non-hydrogen) atoms. The Labute approximate surface area is 72.5 Å². The van der Waals surface area contributed by atoms with Crippen molar-refractivity contribution in [2.45, 2.75) is 6.92 Å². The van der Waals surface area contributed by atoms with Crippen LogP contribution in [0.4, 0.5) is 0 Å². The second-order valence-corrected chi connectivity index (χ2v) is 5.81. The average Bonchev–Trinajstić information content (AvgIpc) is 1.83. The number of hydrogen-bond donors (Lipinski definition) is 3. The molecular formula is C7H9AsO4. The Morgan fingerprint density at radius 3 is 2.33 bits per heavy atom. The Hall–Kier alpha value is -0.702. The van der Waals surface area contributed by atoms with Crippen LogP contribution in [0.25, 0.3) is 0 Å². The standard InChI is InChI=1S/C7H9AsO4/c1-5-4-6(9)2-3-7(5)8(10,11)12/h2-4,9H,1H3,(H2,10,11,12). The fourth-order valence-electron chi connectivity index (χ4n) is 0.966. The Morgan fingerprint density at radius 1 is 1.33 bits per heavy atom. The van der Waals surface area contributed by atoms with E-state index in [9.17, 15) is 3.74 Å². The van der Waals surface area contributed by atoms with E-state index in [1.807, 2.05) is 0 Å². The minimum atomic E-state index is -4.79. The number of phenolic OH excluding ortho intramolecular Hbond substituents is 1. The van der Waals surface area contributed by atoms with Gasteiger partial charge in [-0.3, -0.25) is 0 Å². The van der Waals surface area contributed by atoms with Crippen molar-refractivity contribution in [3.63, 3.8) is 0 Å². The summed E-state index contributed by atoms with van der Waals surface area (Å²) in [7, 11) is 0. The van der Waals surface area contributed by atoms with E-state index in [4.69, 9.17) is 13.3 Å². The predicted octanol–water partition coefficient (Wildman–Crippen LogP) is -0.738. The van der Waals surface area contributed by atoms with Crippen LogP contribution in [0.3, 0.4) is 0 Å². The molecule has 0 radical (unpaired) electrons. The summed E-state index contributed by atoms with van der Waals surface area (Å²) >= 11 is -4.79. The van der Waals surface area contributed by atoms with Gasteiger partial charge in [-0.1, -0.05) is 0 Å². The van der Waals surface area contributed by atoms with Gasteiger partial charge < -0.3 is 0 Å². The minimum absolute atomic E-state index is 0.0141. The summed E-state index contributed by atoms with van der Waals surface area (Å²) in [6, 6.07) is 3.85. The van der Waals surface area contributed by atoms with Gasteiger partial charge in [0.25, 0.3) is 0 Å². The SMILES string of the molecule is Cc1cc(O)ccc1[As](=O)(O)O. The van der Waals surface area contributed by atoms with E-state index in [0.717, 1.165) is 0 Å². The number of aryl methyl sites for hydroxylation is 1. The van der Waals surface area contributed by atoms with Crippen molar-refractivity contribution in [2.75, 3.05) is 0 Å². The molecule has 0 saturated carbocycles. The van der Waals surface area contributed by atoms with Crippen LogP contribution in [0, 0.1) is 6.92 Å². The molecule has 0 aromatic heterocycles. The first-order valence-corrected chi connectivity index (χ1v) is 6.65. The predicted molar refractivity (Wildman–Crippen MR) is 43.4 cm³/mol. The Balaban J connectivity index is 3.28. The maximum atomic E-state index is 10.8. The summed E-state index contributed by atoms with van der Waals surface area (Å²) < 4.78 is 28.6. The summed E-state index contributed by atoms with van der Waals surface area (Å²) in [5.74, 6) is 0.0141. The third-order valence-corrected chi connectivity index (χ3v) is 3.86. The van der Waals surface area contributed by atoms with Crippen molar-refractivity contribution in [3.05, 3.63) is 23.8 Å². The first-order chi connectivity index (χ1) is 5.41. The molecule has 66 valence electrons. The Kier molecular flexibility index (Phi) is 2.33. The molecular weight excluding hydrogens is 223 g/mol. The van der Waals surface area contributed by atoms with Gasteiger partial charge >= 0.3 is 72.0 Å². The van der Waals surface area contributed by atoms with Crippen molar-refractivity contribution in [2.24, 2.45) is 0 Å². The van der Waals surface area contributed by atoms with Crippen LogP contribution in [0.2, 0.25) is 0 Å². The molecule has 0 aliphatic rings. The van der Waals surface area contributed by atoms with Gasteiger partial charge in [0, 0.05) is 0 Å². The zero-order chi connectivity index (χ0) is 9.35. The molecule has 0 unspecified atom stereocenters.